The lowest BCUT2D eigenvalue weighted by Gasteiger charge is -2.19. The van der Waals surface area contributed by atoms with E-state index in [1.165, 1.54) is 5.56 Å². The summed E-state index contributed by atoms with van der Waals surface area (Å²) in [5.74, 6) is 0.921. The van der Waals surface area contributed by atoms with E-state index < -0.39 is 0 Å². The summed E-state index contributed by atoms with van der Waals surface area (Å²) >= 11 is 6.68. The minimum Gasteiger partial charge on any atom is -0.506 e. The van der Waals surface area contributed by atoms with Crippen LogP contribution in [0.3, 0.4) is 0 Å². The van der Waals surface area contributed by atoms with Crippen LogP contribution < -0.4 is 0 Å². The van der Waals surface area contributed by atoms with Crippen LogP contribution in [0.4, 0.5) is 0 Å². The van der Waals surface area contributed by atoms with Gasteiger partial charge in [0.1, 0.15) is 5.75 Å². The van der Waals surface area contributed by atoms with Crippen molar-refractivity contribution >= 4 is 31.9 Å². The summed E-state index contributed by atoms with van der Waals surface area (Å²) in [7, 11) is 2.11. The molecule has 0 radical (unpaired) electrons. The second kappa shape index (κ2) is 6.03. The highest BCUT2D eigenvalue weighted by Gasteiger charge is 2.08. The molecule has 0 unspecified atom stereocenters. The average Bonchev–Trinajstić information content (AvgIpc) is 2.12. The molecular weight excluding hydrogens is 334 g/mol. The van der Waals surface area contributed by atoms with E-state index in [4.69, 9.17) is 0 Å². The van der Waals surface area contributed by atoms with Crippen LogP contribution in [0, 0.1) is 5.92 Å². The minimum absolute atomic E-state index is 0.260. The van der Waals surface area contributed by atoms with Gasteiger partial charge in [0.25, 0.3) is 0 Å². The van der Waals surface area contributed by atoms with Crippen LogP contribution >= 0.6 is 31.9 Å². The third-order valence-corrected chi connectivity index (χ3v) is 3.41. The van der Waals surface area contributed by atoms with Gasteiger partial charge in [0.05, 0.1) is 8.95 Å². The van der Waals surface area contributed by atoms with Gasteiger partial charge in [-0.25, -0.2) is 0 Å². The molecule has 0 amide bonds. The van der Waals surface area contributed by atoms with E-state index in [0.29, 0.717) is 5.92 Å². The van der Waals surface area contributed by atoms with Crippen LogP contribution in [0.1, 0.15) is 19.4 Å². The quantitative estimate of drug-likeness (QED) is 0.886. The second-order valence-corrected chi connectivity index (χ2v) is 6.21. The van der Waals surface area contributed by atoms with Crippen molar-refractivity contribution in [1.29, 1.82) is 0 Å². The number of phenolic OH excluding ortho intramolecular Hbond substituents is 1. The Kier molecular flexibility index (Phi) is 5.28. The maximum atomic E-state index is 9.60. The monoisotopic (exact) mass is 349 g/mol. The largest absolute Gasteiger partial charge is 0.506 e. The van der Waals surface area contributed by atoms with Gasteiger partial charge in [-0.2, -0.15) is 0 Å². The predicted molar refractivity (Wildman–Crippen MR) is 74.7 cm³/mol. The second-order valence-electron chi connectivity index (χ2n) is 4.50. The lowest BCUT2D eigenvalue weighted by Crippen LogP contribution is -2.22. The van der Waals surface area contributed by atoms with Crippen LogP contribution in [0.5, 0.6) is 5.75 Å². The first-order valence-corrected chi connectivity index (χ1v) is 6.84. The van der Waals surface area contributed by atoms with Gasteiger partial charge in [0, 0.05) is 13.1 Å². The maximum absolute atomic E-state index is 9.60. The summed E-state index contributed by atoms with van der Waals surface area (Å²) in [6, 6.07) is 3.91. The number of aromatic hydroxyl groups is 1. The van der Waals surface area contributed by atoms with E-state index in [0.717, 1.165) is 22.0 Å². The fraction of sp³-hybridized carbons (Fsp3) is 0.500. The van der Waals surface area contributed by atoms with E-state index in [2.05, 4.69) is 57.7 Å². The summed E-state index contributed by atoms with van der Waals surface area (Å²) < 4.78 is 1.46. The lowest BCUT2D eigenvalue weighted by atomic mass is 10.1. The molecule has 0 heterocycles. The number of halogens is 2. The van der Waals surface area contributed by atoms with Crippen LogP contribution in [0.25, 0.3) is 0 Å². The molecule has 1 aromatic rings. The Balaban J connectivity index is 2.74. The molecule has 0 aromatic heterocycles. The molecule has 1 N–H and O–H groups in total. The molecule has 2 nitrogen and oxygen atoms in total. The number of nitrogens with zero attached hydrogens (tertiary/aromatic N) is 1. The van der Waals surface area contributed by atoms with Crippen molar-refractivity contribution < 1.29 is 5.11 Å². The molecule has 0 atom stereocenters. The molecule has 4 heteroatoms. The molecule has 1 rings (SSSR count). The Labute approximate surface area is 114 Å². The van der Waals surface area contributed by atoms with Crippen molar-refractivity contribution in [2.75, 3.05) is 13.6 Å². The van der Waals surface area contributed by atoms with Crippen LogP contribution in [-0.2, 0) is 6.54 Å². The molecule has 0 aliphatic heterocycles. The zero-order chi connectivity index (χ0) is 12.3. The Morgan fingerprint density at radius 2 is 1.75 bits per heavy atom. The Morgan fingerprint density at radius 1 is 1.25 bits per heavy atom. The Bertz CT molecular complexity index is 343. The summed E-state index contributed by atoms with van der Waals surface area (Å²) in [4.78, 5) is 2.27. The average molecular weight is 351 g/mol. The third-order valence-electron chi connectivity index (χ3n) is 2.21. The molecular formula is C12H17Br2NO. The zero-order valence-corrected chi connectivity index (χ0v) is 13.0. The number of benzene rings is 1. The molecule has 0 saturated carbocycles. The molecule has 1 aromatic carbocycles. The molecule has 0 aliphatic rings. The lowest BCUT2D eigenvalue weighted by molar-refractivity contribution is 0.288. The Hall–Kier alpha value is -0.0600. The van der Waals surface area contributed by atoms with Gasteiger partial charge in [-0.15, -0.1) is 0 Å². The van der Waals surface area contributed by atoms with Gasteiger partial charge < -0.3 is 10.0 Å². The van der Waals surface area contributed by atoms with Crippen molar-refractivity contribution in [2.24, 2.45) is 5.92 Å². The van der Waals surface area contributed by atoms with Gasteiger partial charge in [0.2, 0.25) is 0 Å². The molecule has 0 aliphatic carbocycles. The summed E-state index contributed by atoms with van der Waals surface area (Å²) in [6.07, 6.45) is 0. The van der Waals surface area contributed by atoms with Gasteiger partial charge in [-0.1, -0.05) is 13.8 Å². The zero-order valence-electron chi connectivity index (χ0n) is 9.80. The maximum Gasteiger partial charge on any atom is 0.143 e. The summed E-state index contributed by atoms with van der Waals surface area (Å²) in [5.41, 5.74) is 1.18. The van der Waals surface area contributed by atoms with E-state index in [1.54, 1.807) is 0 Å². The first kappa shape index (κ1) is 14.0. The first-order chi connectivity index (χ1) is 7.40. The fourth-order valence-electron chi connectivity index (χ4n) is 1.71. The van der Waals surface area contributed by atoms with Crippen molar-refractivity contribution in [3.8, 4) is 5.75 Å². The SMILES string of the molecule is CC(C)CN(C)Cc1cc(Br)c(O)c(Br)c1. The van der Waals surface area contributed by atoms with Crippen molar-refractivity contribution in [1.82, 2.24) is 4.90 Å². The molecule has 0 spiro atoms. The first-order valence-electron chi connectivity index (χ1n) is 5.25. The van der Waals surface area contributed by atoms with Gasteiger partial charge >= 0.3 is 0 Å². The number of rotatable bonds is 4. The van der Waals surface area contributed by atoms with Crippen LogP contribution in [0.2, 0.25) is 0 Å². The van der Waals surface area contributed by atoms with Crippen molar-refractivity contribution in [2.45, 2.75) is 20.4 Å². The van der Waals surface area contributed by atoms with Gasteiger partial charge in [-0.05, 0) is 62.5 Å². The fourth-order valence-corrected chi connectivity index (χ4v) is 2.99. The van der Waals surface area contributed by atoms with Crippen LogP contribution in [-0.4, -0.2) is 23.6 Å². The normalized spacial score (nSPS) is 11.4. The summed E-state index contributed by atoms with van der Waals surface area (Å²) in [6.45, 7) is 6.37. The van der Waals surface area contributed by atoms with E-state index in [9.17, 15) is 5.11 Å². The predicted octanol–water partition coefficient (Wildman–Crippen LogP) is 4.01. The van der Waals surface area contributed by atoms with Crippen LogP contribution in [0.15, 0.2) is 21.1 Å². The topological polar surface area (TPSA) is 23.5 Å². The number of phenols is 1. The van der Waals surface area contributed by atoms with Gasteiger partial charge in [-0.3, -0.25) is 0 Å². The molecule has 0 saturated heterocycles. The van der Waals surface area contributed by atoms with Gasteiger partial charge in [0.15, 0.2) is 0 Å². The van der Waals surface area contributed by atoms with E-state index >= 15 is 0 Å². The number of hydrogen-bond donors (Lipinski definition) is 1. The number of hydrogen-bond acceptors (Lipinski definition) is 2. The molecule has 90 valence electrons. The van der Waals surface area contributed by atoms with E-state index in [1.807, 2.05) is 12.1 Å². The summed E-state index contributed by atoms with van der Waals surface area (Å²) in [5, 5.41) is 9.60. The van der Waals surface area contributed by atoms with Crippen molar-refractivity contribution in [3.63, 3.8) is 0 Å². The highest BCUT2D eigenvalue weighted by atomic mass is 79.9. The Morgan fingerprint density at radius 3 is 2.19 bits per heavy atom. The third kappa shape index (κ3) is 4.07. The molecule has 0 fully saturated rings. The highest BCUT2D eigenvalue weighted by Crippen LogP contribution is 2.33. The standard InChI is InChI=1S/C12H17Br2NO/c1-8(2)6-15(3)7-9-4-10(13)12(16)11(14)5-9/h4-5,8,16H,6-7H2,1-3H3. The molecule has 16 heavy (non-hydrogen) atoms. The van der Waals surface area contributed by atoms with Crippen molar-refractivity contribution in [3.05, 3.63) is 26.6 Å². The smallest absolute Gasteiger partial charge is 0.143 e. The minimum atomic E-state index is 0.260. The molecule has 0 bridgehead atoms. The van der Waals surface area contributed by atoms with E-state index in [-0.39, 0.29) is 5.75 Å². The highest BCUT2D eigenvalue weighted by molar-refractivity contribution is 9.11.